The van der Waals surface area contributed by atoms with Crippen LogP contribution in [-0.4, -0.2) is 35.2 Å². The zero-order valence-corrected chi connectivity index (χ0v) is 16.4. The molecule has 0 radical (unpaired) electrons. The van der Waals surface area contributed by atoms with Crippen LogP contribution in [0, 0.1) is 6.92 Å². The molecule has 2 aromatic carbocycles. The van der Waals surface area contributed by atoms with Gasteiger partial charge in [0.05, 0.1) is 12.1 Å². The third kappa shape index (κ3) is 4.37. The number of aryl methyl sites for hydroxylation is 1. The van der Waals surface area contributed by atoms with E-state index in [4.69, 9.17) is 4.99 Å². The minimum Gasteiger partial charge on any atom is -0.292 e. The molecule has 28 heavy (non-hydrogen) atoms. The van der Waals surface area contributed by atoms with E-state index in [9.17, 15) is 0 Å². The van der Waals surface area contributed by atoms with Crippen LogP contribution in [0.1, 0.15) is 41.1 Å². The largest absolute Gasteiger partial charge is 0.292 e. The van der Waals surface area contributed by atoms with Crippen LogP contribution in [0.15, 0.2) is 84.1 Å². The third-order valence-electron chi connectivity index (χ3n) is 5.60. The Kier molecular flexibility index (Phi) is 5.93. The molecular formula is C25H27N3. The molecule has 1 atom stereocenters. The van der Waals surface area contributed by atoms with Crippen LogP contribution < -0.4 is 0 Å². The lowest BCUT2D eigenvalue weighted by molar-refractivity contribution is 0.175. The van der Waals surface area contributed by atoms with Crippen LogP contribution in [0.4, 0.5) is 0 Å². The van der Waals surface area contributed by atoms with Crippen molar-refractivity contribution < 1.29 is 0 Å². The fraction of sp³-hybridized carbons (Fsp3) is 0.280. The molecule has 1 aliphatic heterocycles. The number of likely N-dealkylation sites (tertiary alicyclic amines) is 1. The number of piperidine rings is 1. The van der Waals surface area contributed by atoms with E-state index in [1.807, 2.05) is 30.7 Å². The van der Waals surface area contributed by atoms with Crippen molar-refractivity contribution in [1.29, 1.82) is 0 Å². The Balaban J connectivity index is 1.50. The Morgan fingerprint density at radius 1 is 0.929 bits per heavy atom. The molecule has 0 saturated carbocycles. The van der Waals surface area contributed by atoms with Crippen molar-refractivity contribution in [2.24, 2.45) is 4.99 Å². The van der Waals surface area contributed by atoms with Crippen LogP contribution >= 0.6 is 0 Å². The molecule has 0 amide bonds. The lowest BCUT2D eigenvalue weighted by atomic mass is 9.91. The van der Waals surface area contributed by atoms with Crippen molar-refractivity contribution in [3.05, 3.63) is 101 Å². The number of benzene rings is 2. The molecule has 0 spiro atoms. The Morgan fingerprint density at radius 2 is 1.61 bits per heavy atom. The van der Waals surface area contributed by atoms with Crippen molar-refractivity contribution >= 4 is 6.21 Å². The quantitative estimate of drug-likeness (QED) is 0.588. The lowest BCUT2D eigenvalue weighted by Gasteiger charge is -2.37. The smallest absolute Gasteiger partial charge is 0.0604 e. The summed E-state index contributed by atoms with van der Waals surface area (Å²) in [5.41, 5.74) is 5.26. The zero-order valence-electron chi connectivity index (χ0n) is 16.4. The summed E-state index contributed by atoms with van der Waals surface area (Å²) in [5.74, 6) is 0. The zero-order chi connectivity index (χ0) is 19.2. The van der Waals surface area contributed by atoms with Gasteiger partial charge < -0.3 is 0 Å². The highest BCUT2D eigenvalue weighted by atomic mass is 15.2. The van der Waals surface area contributed by atoms with E-state index in [2.05, 4.69) is 71.4 Å². The molecule has 2 heterocycles. The van der Waals surface area contributed by atoms with Crippen LogP contribution in [0.3, 0.4) is 0 Å². The molecule has 1 unspecified atom stereocenters. The molecule has 3 aromatic rings. The van der Waals surface area contributed by atoms with E-state index in [0.29, 0.717) is 12.1 Å². The van der Waals surface area contributed by atoms with Gasteiger partial charge in [0.25, 0.3) is 0 Å². The van der Waals surface area contributed by atoms with Crippen molar-refractivity contribution in [2.75, 3.05) is 13.1 Å². The molecule has 1 aliphatic rings. The summed E-state index contributed by atoms with van der Waals surface area (Å²) in [7, 11) is 0. The second-order valence-electron chi connectivity index (χ2n) is 7.50. The van der Waals surface area contributed by atoms with Crippen molar-refractivity contribution in [3.8, 4) is 0 Å². The van der Waals surface area contributed by atoms with Crippen molar-refractivity contribution in [2.45, 2.75) is 31.8 Å². The summed E-state index contributed by atoms with van der Waals surface area (Å²) in [4.78, 5) is 11.5. The van der Waals surface area contributed by atoms with Gasteiger partial charge in [-0.1, -0.05) is 54.6 Å². The molecule has 1 fully saturated rings. The van der Waals surface area contributed by atoms with Gasteiger partial charge in [0.1, 0.15) is 0 Å². The van der Waals surface area contributed by atoms with Gasteiger partial charge in [-0.2, -0.15) is 0 Å². The summed E-state index contributed by atoms with van der Waals surface area (Å²) in [6, 6.07) is 24.4. The second-order valence-corrected chi connectivity index (χ2v) is 7.50. The molecular weight excluding hydrogens is 342 g/mol. The molecule has 0 N–H and O–H groups in total. The van der Waals surface area contributed by atoms with E-state index in [1.165, 1.54) is 16.7 Å². The molecule has 0 bridgehead atoms. The second kappa shape index (κ2) is 8.94. The number of hydrogen-bond donors (Lipinski definition) is 0. The van der Waals surface area contributed by atoms with Crippen LogP contribution in [0.2, 0.25) is 0 Å². The van der Waals surface area contributed by atoms with Gasteiger partial charge in [0.2, 0.25) is 0 Å². The van der Waals surface area contributed by atoms with Crippen molar-refractivity contribution in [3.63, 3.8) is 0 Å². The maximum atomic E-state index is 4.83. The van der Waals surface area contributed by atoms with E-state index in [1.54, 1.807) is 0 Å². The average molecular weight is 370 g/mol. The normalized spacial score (nSPS) is 17.0. The van der Waals surface area contributed by atoms with Gasteiger partial charge in [0.15, 0.2) is 0 Å². The van der Waals surface area contributed by atoms with E-state index in [-0.39, 0.29) is 0 Å². The highest BCUT2D eigenvalue weighted by Gasteiger charge is 2.27. The third-order valence-corrected chi connectivity index (χ3v) is 5.60. The Morgan fingerprint density at radius 3 is 2.32 bits per heavy atom. The summed E-state index contributed by atoms with van der Waals surface area (Å²) in [5, 5.41) is 0. The molecule has 142 valence electrons. The monoisotopic (exact) mass is 369 g/mol. The molecule has 1 aromatic heterocycles. The number of aromatic nitrogens is 1. The number of rotatable bonds is 5. The molecule has 4 rings (SSSR count). The number of nitrogens with zero attached hydrogens (tertiary/aromatic N) is 3. The predicted octanol–water partition coefficient (Wildman–Crippen LogP) is 5.06. The SMILES string of the molecule is Cc1ccccc1C(c1ccccc1)N1CCC(N=Cc2ccncc2)CC1. The Bertz CT molecular complexity index is 897. The van der Waals surface area contributed by atoms with Gasteiger partial charge >= 0.3 is 0 Å². The standard InChI is InChI=1S/C25H27N3/c1-20-7-5-6-10-24(20)25(22-8-3-2-4-9-22)28-17-13-23(14-18-28)27-19-21-11-15-26-16-12-21/h2-12,15-16,19,23,25H,13-14,17-18H2,1H3. The van der Waals surface area contributed by atoms with Crippen LogP contribution in [0.5, 0.6) is 0 Å². The van der Waals surface area contributed by atoms with E-state index in [0.717, 1.165) is 31.5 Å². The molecule has 3 nitrogen and oxygen atoms in total. The Hall–Kier alpha value is -2.78. The van der Waals surface area contributed by atoms with Gasteiger partial charge in [-0.05, 0) is 54.2 Å². The number of hydrogen-bond acceptors (Lipinski definition) is 3. The minimum absolute atomic E-state index is 0.313. The first-order valence-electron chi connectivity index (χ1n) is 10.1. The first kappa shape index (κ1) is 18.6. The van der Waals surface area contributed by atoms with Crippen molar-refractivity contribution in [1.82, 2.24) is 9.88 Å². The fourth-order valence-corrected chi connectivity index (χ4v) is 4.05. The van der Waals surface area contributed by atoms with Crippen LogP contribution in [-0.2, 0) is 0 Å². The highest BCUT2D eigenvalue weighted by molar-refractivity contribution is 5.79. The predicted molar refractivity (Wildman–Crippen MR) is 116 cm³/mol. The molecule has 3 heteroatoms. The highest BCUT2D eigenvalue weighted by Crippen LogP contribution is 2.33. The average Bonchev–Trinajstić information content (AvgIpc) is 2.76. The lowest BCUT2D eigenvalue weighted by Crippen LogP contribution is -2.38. The first-order chi connectivity index (χ1) is 13.8. The van der Waals surface area contributed by atoms with Gasteiger partial charge in [-0.15, -0.1) is 0 Å². The summed E-state index contributed by atoms with van der Waals surface area (Å²) in [6.07, 6.45) is 7.82. The van der Waals surface area contributed by atoms with E-state index >= 15 is 0 Å². The number of aliphatic imine (C=N–C) groups is 1. The maximum absolute atomic E-state index is 4.83. The fourth-order valence-electron chi connectivity index (χ4n) is 4.05. The topological polar surface area (TPSA) is 28.5 Å². The van der Waals surface area contributed by atoms with Gasteiger partial charge in [-0.3, -0.25) is 14.9 Å². The van der Waals surface area contributed by atoms with Gasteiger partial charge in [-0.25, -0.2) is 0 Å². The minimum atomic E-state index is 0.313. The van der Waals surface area contributed by atoms with Crippen LogP contribution in [0.25, 0.3) is 0 Å². The van der Waals surface area contributed by atoms with E-state index < -0.39 is 0 Å². The molecule has 1 saturated heterocycles. The Labute approximate surface area is 167 Å². The maximum Gasteiger partial charge on any atom is 0.0604 e. The van der Waals surface area contributed by atoms with Gasteiger partial charge in [0, 0.05) is 31.7 Å². The summed E-state index contributed by atoms with van der Waals surface area (Å²) in [6.45, 7) is 4.34. The summed E-state index contributed by atoms with van der Waals surface area (Å²) >= 11 is 0. The first-order valence-corrected chi connectivity index (χ1v) is 10.1. The number of pyridine rings is 1. The molecule has 0 aliphatic carbocycles. The summed E-state index contributed by atoms with van der Waals surface area (Å²) < 4.78 is 0.